The van der Waals surface area contributed by atoms with Crippen LogP contribution >= 0.6 is 34.8 Å². The predicted molar refractivity (Wildman–Crippen MR) is 82.8 cm³/mol. The lowest BCUT2D eigenvalue weighted by Gasteiger charge is -2.08. The van der Waals surface area contributed by atoms with E-state index in [9.17, 15) is 9.59 Å². The Morgan fingerprint density at radius 2 is 1.24 bits per heavy atom. The van der Waals surface area contributed by atoms with E-state index >= 15 is 0 Å². The minimum atomic E-state index is -0.504. The van der Waals surface area contributed by atoms with Gasteiger partial charge in [-0.05, 0) is 42.5 Å². The van der Waals surface area contributed by atoms with E-state index in [1.54, 1.807) is 24.3 Å². The van der Waals surface area contributed by atoms with Gasteiger partial charge in [0.2, 0.25) is 0 Å². The molecule has 0 heterocycles. The first-order valence-electron chi connectivity index (χ1n) is 5.78. The molecule has 0 aromatic heterocycles. The lowest BCUT2D eigenvalue weighted by Crippen LogP contribution is -2.41. The van der Waals surface area contributed by atoms with Crippen molar-refractivity contribution >= 4 is 46.6 Å². The van der Waals surface area contributed by atoms with Gasteiger partial charge >= 0.3 is 0 Å². The predicted octanol–water partition coefficient (Wildman–Crippen LogP) is 3.72. The number of amides is 2. The van der Waals surface area contributed by atoms with Crippen LogP contribution in [0.2, 0.25) is 15.1 Å². The maximum Gasteiger partial charge on any atom is 0.269 e. The zero-order valence-corrected chi connectivity index (χ0v) is 12.8. The molecule has 2 rings (SSSR count). The van der Waals surface area contributed by atoms with E-state index in [4.69, 9.17) is 34.8 Å². The third kappa shape index (κ3) is 4.11. The Hall–Kier alpha value is -1.75. The molecule has 0 saturated carbocycles. The normalized spacial score (nSPS) is 10.0. The molecule has 0 fully saturated rings. The van der Waals surface area contributed by atoms with Crippen LogP contribution in [0.4, 0.5) is 0 Å². The van der Waals surface area contributed by atoms with Gasteiger partial charge in [-0.1, -0.05) is 34.8 Å². The molecule has 2 N–H and O–H groups in total. The standard InChI is InChI=1S/C14H9Cl3N2O2/c15-10-4-1-8(2-5-10)13(20)18-19-14(21)9-3-6-11(16)12(17)7-9/h1-7H,(H,18,20)(H,19,21). The molecular weight excluding hydrogens is 335 g/mol. The van der Waals surface area contributed by atoms with Crippen LogP contribution in [-0.4, -0.2) is 11.8 Å². The summed E-state index contributed by atoms with van der Waals surface area (Å²) in [5.41, 5.74) is 5.23. The van der Waals surface area contributed by atoms with Crippen LogP contribution in [0, 0.1) is 0 Å². The molecule has 21 heavy (non-hydrogen) atoms. The highest BCUT2D eigenvalue weighted by molar-refractivity contribution is 6.42. The van der Waals surface area contributed by atoms with Crippen LogP contribution in [0.3, 0.4) is 0 Å². The number of hydrogen-bond acceptors (Lipinski definition) is 2. The van der Waals surface area contributed by atoms with Gasteiger partial charge in [0.15, 0.2) is 0 Å². The number of rotatable bonds is 2. The lowest BCUT2D eigenvalue weighted by atomic mass is 10.2. The zero-order chi connectivity index (χ0) is 15.4. The van der Waals surface area contributed by atoms with Crippen LogP contribution in [0.1, 0.15) is 20.7 Å². The first kappa shape index (κ1) is 15.6. The van der Waals surface area contributed by atoms with Crippen molar-refractivity contribution in [3.05, 3.63) is 68.7 Å². The second kappa shape index (κ2) is 6.80. The zero-order valence-electron chi connectivity index (χ0n) is 10.5. The Morgan fingerprint density at radius 1 is 0.714 bits per heavy atom. The van der Waals surface area contributed by atoms with Gasteiger partial charge in [-0.25, -0.2) is 0 Å². The third-order valence-electron chi connectivity index (χ3n) is 2.58. The fourth-order valence-corrected chi connectivity index (χ4v) is 1.92. The van der Waals surface area contributed by atoms with Crippen molar-refractivity contribution in [1.29, 1.82) is 0 Å². The number of hydrogen-bond donors (Lipinski definition) is 2. The number of halogens is 3. The monoisotopic (exact) mass is 342 g/mol. The highest BCUT2D eigenvalue weighted by Crippen LogP contribution is 2.22. The van der Waals surface area contributed by atoms with Crippen molar-refractivity contribution in [3.63, 3.8) is 0 Å². The maximum atomic E-state index is 11.8. The van der Waals surface area contributed by atoms with Crippen LogP contribution < -0.4 is 10.9 Å². The SMILES string of the molecule is O=C(NNC(=O)c1ccc(Cl)c(Cl)c1)c1ccc(Cl)cc1. The van der Waals surface area contributed by atoms with Crippen LogP contribution in [-0.2, 0) is 0 Å². The van der Waals surface area contributed by atoms with Gasteiger partial charge < -0.3 is 0 Å². The first-order valence-corrected chi connectivity index (χ1v) is 6.92. The van der Waals surface area contributed by atoms with Crippen molar-refractivity contribution in [1.82, 2.24) is 10.9 Å². The molecule has 7 heteroatoms. The van der Waals surface area contributed by atoms with Crippen molar-refractivity contribution in [3.8, 4) is 0 Å². The second-order valence-electron chi connectivity index (χ2n) is 4.04. The molecule has 4 nitrogen and oxygen atoms in total. The third-order valence-corrected chi connectivity index (χ3v) is 3.57. The summed E-state index contributed by atoms with van der Waals surface area (Å²) in [6.07, 6.45) is 0. The topological polar surface area (TPSA) is 58.2 Å². The Bertz CT molecular complexity index is 687. The van der Waals surface area contributed by atoms with Gasteiger partial charge in [0, 0.05) is 16.1 Å². The Labute approximate surface area is 136 Å². The summed E-state index contributed by atoms with van der Waals surface area (Å²) in [4.78, 5) is 23.6. The molecule has 0 atom stereocenters. The van der Waals surface area contributed by atoms with E-state index in [0.717, 1.165) is 0 Å². The van der Waals surface area contributed by atoms with Crippen LogP contribution in [0.5, 0.6) is 0 Å². The van der Waals surface area contributed by atoms with E-state index in [0.29, 0.717) is 15.6 Å². The quantitative estimate of drug-likeness (QED) is 0.817. The highest BCUT2D eigenvalue weighted by Gasteiger charge is 2.10. The van der Waals surface area contributed by atoms with E-state index in [2.05, 4.69) is 10.9 Å². The van der Waals surface area contributed by atoms with Gasteiger partial charge in [-0.2, -0.15) is 0 Å². The largest absolute Gasteiger partial charge is 0.269 e. The van der Waals surface area contributed by atoms with Crippen molar-refractivity contribution in [2.75, 3.05) is 0 Å². The number of carbonyl (C=O) groups excluding carboxylic acids is 2. The number of carbonyl (C=O) groups is 2. The molecule has 0 aliphatic rings. The second-order valence-corrected chi connectivity index (χ2v) is 5.29. The van der Waals surface area contributed by atoms with Gasteiger partial charge in [-0.3, -0.25) is 20.4 Å². The summed E-state index contributed by atoms with van der Waals surface area (Å²) in [6.45, 7) is 0. The molecule has 2 amide bonds. The maximum absolute atomic E-state index is 11.8. The Kier molecular flexibility index (Phi) is 5.07. The molecule has 2 aromatic rings. The van der Waals surface area contributed by atoms with Crippen molar-refractivity contribution in [2.24, 2.45) is 0 Å². The molecule has 0 radical (unpaired) electrons. The average molecular weight is 344 g/mol. The Morgan fingerprint density at radius 3 is 1.81 bits per heavy atom. The van der Waals surface area contributed by atoms with E-state index in [-0.39, 0.29) is 10.6 Å². The fourth-order valence-electron chi connectivity index (χ4n) is 1.50. The highest BCUT2D eigenvalue weighted by atomic mass is 35.5. The molecular formula is C14H9Cl3N2O2. The summed E-state index contributed by atoms with van der Waals surface area (Å²) in [5.74, 6) is -0.962. The summed E-state index contributed by atoms with van der Waals surface area (Å²) < 4.78 is 0. The van der Waals surface area contributed by atoms with Gasteiger partial charge in [0.05, 0.1) is 10.0 Å². The molecule has 0 aliphatic carbocycles. The molecule has 0 spiro atoms. The minimum Gasteiger partial charge on any atom is -0.267 e. The lowest BCUT2D eigenvalue weighted by molar-refractivity contribution is 0.0846. The van der Waals surface area contributed by atoms with E-state index < -0.39 is 11.8 Å². The Balaban J connectivity index is 1.98. The summed E-state index contributed by atoms with van der Waals surface area (Å²) in [7, 11) is 0. The van der Waals surface area contributed by atoms with E-state index in [1.165, 1.54) is 18.2 Å². The molecule has 0 saturated heterocycles. The fraction of sp³-hybridized carbons (Fsp3) is 0. The molecule has 0 aliphatic heterocycles. The molecule has 0 unspecified atom stereocenters. The van der Waals surface area contributed by atoms with Gasteiger partial charge in [0.1, 0.15) is 0 Å². The van der Waals surface area contributed by atoms with E-state index in [1.807, 2.05) is 0 Å². The summed E-state index contributed by atoms with van der Waals surface area (Å²) in [6, 6.07) is 10.7. The number of nitrogens with one attached hydrogen (secondary N) is 2. The molecule has 108 valence electrons. The molecule has 2 aromatic carbocycles. The van der Waals surface area contributed by atoms with Crippen LogP contribution in [0.15, 0.2) is 42.5 Å². The average Bonchev–Trinajstić information content (AvgIpc) is 2.48. The summed E-state index contributed by atoms with van der Waals surface area (Å²) in [5, 5.41) is 1.12. The van der Waals surface area contributed by atoms with Crippen molar-refractivity contribution in [2.45, 2.75) is 0 Å². The van der Waals surface area contributed by atoms with Gasteiger partial charge in [0.25, 0.3) is 11.8 Å². The number of benzene rings is 2. The molecule has 0 bridgehead atoms. The van der Waals surface area contributed by atoms with Crippen LogP contribution in [0.25, 0.3) is 0 Å². The first-order chi connectivity index (χ1) is 9.97. The van der Waals surface area contributed by atoms with Gasteiger partial charge in [-0.15, -0.1) is 0 Å². The number of hydrazine groups is 1. The smallest absolute Gasteiger partial charge is 0.267 e. The minimum absolute atomic E-state index is 0.258. The van der Waals surface area contributed by atoms with Crippen molar-refractivity contribution < 1.29 is 9.59 Å². The summed E-state index contributed by atoms with van der Waals surface area (Å²) >= 11 is 17.3.